The van der Waals surface area contributed by atoms with E-state index >= 15 is 0 Å². The molecule has 0 heterocycles. The van der Waals surface area contributed by atoms with E-state index in [1.54, 1.807) is 0 Å². The Labute approximate surface area is 205 Å². The molecule has 1 aliphatic carbocycles. The Morgan fingerprint density at radius 2 is 1.63 bits per heavy atom. The van der Waals surface area contributed by atoms with Gasteiger partial charge in [0, 0.05) is 23.9 Å². The number of amides is 2. The van der Waals surface area contributed by atoms with Crippen LogP contribution in [0.4, 0.5) is 14.9 Å². The monoisotopic (exact) mass is 494 g/mol. The maximum atomic E-state index is 14.2. The Morgan fingerprint density at radius 1 is 0.971 bits per heavy atom. The first kappa shape index (κ1) is 24.3. The summed E-state index contributed by atoms with van der Waals surface area (Å²) in [7, 11) is 0. The van der Waals surface area contributed by atoms with Crippen LogP contribution in [0.5, 0.6) is 0 Å². The Hall–Kier alpha value is -3.85. The summed E-state index contributed by atoms with van der Waals surface area (Å²) in [5.74, 6) is -2.14. The molecular weight excluding hydrogens is 471 g/mol. The van der Waals surface area contributed by atoms with E-state index in [0.717, 1.165) is 40.1 Å². The molecule has 0 atom stereocenters. The predicted molar refractivity (Wildman–Crippen MR) is 132 cm³/mol. The maximum Gasteiger partial charge on any atom is 0.411 e. The minimum absolute atomic E-state index is 0.0796. The molecule has 4 rings (SSSR count). The highest BCUT2D eigenvalue weighted by Crippen LogP contribution is 2.44. The lowest BCUT2D eigenvalue weighted by molar-refractivity contribution is -0.133. The SMILES string of the molecule is O=C(O)CSCCNC(=O)c1cc(NC(=O)OCC2c3ccccc3-c3ccccc32)ccc1F. The van der Waals surface area contributed by atoms with Crippen LogP contribution in [0.15, 0.2) is 66.7 Å². The van der Waals surface area contributed by atoms with E-state index in [9.17, 15) is 18.8 Å². The fourth-order valence-electron chi connectivity index (χ4n) is 4.02. The molecular formula is C26H23FN2O5S. The fourth-order valence-corrected chi connectivity index (χ4v) is 4.59. The summed E-state index contributed by atoms with van der Waals surface area (Å²) in [6, 6.07) is 19.7. The number of thioether (sulfide) groups is 1. The largest absolute Gasteiger partial charge is 0.481 e. The molecule has 0 spiro atoms. The van der Waals surface area contributed by atoms with Gasteiger partial charge in [-0.2, -0.15) is 0 Å². The van der Waals surface area contributed by atoms with Crippen molar-refractivity contribution in [2.45, 2.75) is 5.92 Å². The Balaban J connectivity index is 1.35. The normalized spacial score (nSPS) is 11.9. The summed E-state index contributed by atoms with van der Waals surface area (Å²) in [4.78, 5) is 35.3. The number of carbonyl (C=O) groups excluding carboxylic acids is 2. The van der Waals surface area contributed by atoms with Crippen molar-refractivity contribution in [3.63, 3.8) is 0 Å². The van der Waals surface area contributed by atoms with Gasteiger partial charge in [-0.05, 0) is 40.5 Å². The van der Waals surface area contributed by atoms with E-state index in [1.165, 1.54) is 12.1 Å². The quantitative estimate of drug-likeness (QED) is 0.372. The number of carboxylic acids is 1. The van der Waals surface area contributed by atoms with Crippen molar-refractivity contribution in [3.8, 4) is 11.1 Å². The van der Waals surface area contributed by atoms with Gasteiger partial charge in [0.05, 0.1) is 11.3 Å². The third-order valence-corrected chi connectivity index (χ3v) is 6.50. The lowest BCUT2D eigenvalue weighted by atomic mass is 9.98. The summed E-state index contributed by atoms with van der Waals surface area (Å²) in [6.45, 7) is 0.308. The van der Waals surface area contributed by atoms with Crippen LogP contribution in [-0.4, -0.2) is 47.7 Å². The van der Waals surface area contributed by atoms with E-state index in [-0.39, 0.29) is 36.1 Å². The van der Waals surface area contributed by atoms with Gasteiger partial charge >= 0.3 is 12.1 Å². The lowest BCUT2D eigenvalue weighted by Gasteiger charge is -2.15. The van der Waals surface area contributed by atoms with Crippen LogP contribution < -0.4 is 10.6 Å². The molecule has 35 heavy (non-hydrogen) atoms. The van der Waals surface area contributed by atoms with Gasteiger partial charge in [0.1, 0.15) is 12.4 Å². The highest BCUT2D eigenvalue weighted by Gasteiger charge is 2.29. The van der Waals surface area contributed by atoms with Crippen molar-refractivity contribution in [1.29, 1.82) is 0 Å². The summed E-state index contributed by atoms with van der Waals surface area (Å²) in [5.41, 5.74) is 4.39. The average Bonchev–Trinajstić information content (AvgIpc) is 3.17. The zero-order chi connectivity index (χ0) is 24.8. The van der Waals surface area contributed by atoms with E-state index in [2.05, 4.69) is 10.6 Å². The van der Waals surface area contributed by atoms with Crippen LogP contribution in [0.1, 0.15) is 27.4 Å². The molecule has 0 aliphatic heterocycles. The number of nitrogens with one attached hydrogen (secondary N) is 2. The number of aliphatic carboxylic acids is 1. The van der Waals surface area contributed by atoms with Crippen LogP contribution in [-0.2, 0) is 9.53 Å². The van der Waals surface area contributed by atoms with Crippen molar-refractivity contribution >= 4 is 35.4 Å². The molecule has 180 valence electrons. The van der Waals surface area contributed by atoms with Crippen LogP contribution in [0.3, 0.4) is 0 Å². The third-order valence-electron chi connectivity index (χ3n) is 5.56. The Kier molecular flexibility index (Phi) is 7.67. The van der Waals surface area contributed by atoms with Crippen LogP contribution in [0.25, 0.3) is 11.1 Å². The van der Waals surface area contributed by atoms with E-state index in [1.807, 2.05) is 48.5 Å². The number of halogens is 1. The highest BCUT2D eigenvalue weighted by atomic mass is 32.2. The Morgan fingerprint density at radius 3 is 2.29 bits per heavy atom. The van der Waals surface area contributed by atoms with E-state index in [0.29, 0.717) is 5.75 Å². The standard InChI is InChI=1S/C26H23FN2O5S/c27-23-10-9-16(13-21(23)25(32)28-11-12-35-15-24(30)31)29-26(33)34-14-22-19-7-3-1-5-17(19)18-6-2-4-8-20(18)22/h1-10,13,22H,11-12,14-15H2,(H,28,32)(H,29,33)(H,30,31). The maximum absolute atomic E-state index is 14.2. The second kappa shape index (κ2) is 11.1. The number of hydrogen-bond donors (Lipinski definition) is 3. The second-order valence-corrected chi connectivity index (χ2v) is 8.95. The number of hydrogen-bond acceptors (Lipinski definition) is 5. The number of anilines is 1. The number of rotatable bonds is 9. The molecule has 3 aromatic rings. The zero-order valence-corrected chi connectivity index (χ0v) is 19.4. The molecule has 0 saturated carbocycles. The lowest BCUT2D eigenvalue weighted by Crippen LogP contribution is -2.27. The molecule has 0 saturated heterocycles. The van der Waals surface area contributed by atoms with Gasteiger partial charge in [0.2, 0.25) is 0 Å². The topological polar surface area (TPSA) is 105 Å². The zero-order valence-electron chi connectivity index (χ0n) is 18.6. The third kappa shape index (κ3) is 5.81. The van der Waals surface area contributed by atoms with E-state index in [4.69, 9.17) is 9.84 Å². The molecule has 9 heteroatoms. The van der Waals surface area contributed by atoms with Gasteiger partial charge < -0.3 is 15.2 Å². The van der Waals surface area contributed by atoms with Crippen molar-refractivity contribution in [3.05, 3.63) is 89.2 Å². The molecule has 0 aromatic heterocycles. The van der Waals surface area contributed by atoms with Gasteiger partial charge in [0.15, 0.2) is 0 Å². The fraction of sp³-hybridized carbons (Fsp3) is 0.192. The number of carbonyl (C=O) groups is 3. The van der Waals surface area contributed by atoms with E-state index < -0.39 is 23.8 Å². The first-order valence-corrected chi connectivity index (χ1v) is 12.1. The highest BCUT2D eigenvalue weighted by molar-refractivity contribution is 7.99. The average molecular weight is 495 g/mol. The molecule has 0 unspecified atom stereocenters. The predicted octanol–water partition coefficient (Wildman–Crippen LogP) is 4.73. The summed E-state index contributed by atoms with van der Waals surface area (Å²) >= 11 is 1.14. The van der Waals surface area contributed by atoms with Gasteiger partial charge in [-0.15, -0.1) is 11.8 Å². The number of benzene rings is 3. The number of fused-ring (bicyclic) bond motifs is 3. The molecule has 1 aliphatic rings. The van der Waals surface area contributed by atoms with Crippen molar-refractivity contribution in [1.82, 2.24) is 5.32 Å². The number of ether oxygens (including phenoxy) is 1. The minimum Gasteiger partial charge on any atom is -0.481 e. The van der Waals surface area contributed by atoms with Gasteiger partial charge in [-0.25, -0.2) is 9.18 Å². The second-order valence-electron chi connectivity index (χ2n) is 7.85. The van der Waals surface area contributed by atoms with Crippen molar-refractivity contribution in [2.75, 3.05) is 30.0 Å². The number of carboxylic acid groups (broad SMARTS) is 1. The van der Waals surface area contributed by atoms with Crippen LogP contribution in [0, 0.1) is 5.82 Å². The smallest absolute Gasteiger partial charge is 0.411 e. The summed E-state index contributed by atoms with van der Waals surface area (Å²) < 4.78 is 19.7. The van der Waals surface area contributed by atoms with Crippen LogP contribution in [0.2, 0.25) is 0 Å². The molecule has 3 aromatic carbocycles. The van der Waals surface area contributed by atoms with Gasteiger partial charge in [-0.3, -0.25) is 14.9 Å². The summed E-state index contributed by atoms with van der Waals surface area (Å²) in [5, 5.41) is 13.7. The van der Waals surface area contributed by atoms with Gasteiger partial charge in [-0.1, -0.05) is 48.5 Å². The molecule has 0 fully saturated rings. The first-order valence-electron chi connectivity index (χ1n) is 10.9. The first-order chi connectivity index (χ1) is 16.9. The molecule has 0 bridgehead atoms. The Bertz CT molecular complexity index is 1220. The molecule has 2 amide bonds. The van der Waals surface area contributed by atoms with Gasteiger partial charge in [0.25, 0.3) is 5.91 Å². The summed E-state index contributed by atoms with van der Waals surface area (Å²) in [6.07, 6.45) is -0.713. The van der Waals surface area contributed by atoms with Crippen molar-refractivity contribution < 1.29 is 28.6 Å². The molecule has 3 N–H and O–H groups in total. The molecule has 0 radical (unpaired) electrons. The van der Waals surface area contributed by atoms with Crippen LogP contribution >= 0.6 is 11.8 Å². The minimum atomic E-state index is -0.945. The molecule has 7 nitrogen and oxygen atoms in total. The van der Waals surface area contributed by atoms with Crippen molar-refractivity contribution in [2.24, 2.45) is 0 Å².